The lowest BCUT2D eigenvalue weighted by Crippen LogP contribution is -2.20. The van der Waals surface area contributed by atoms with Crippen LogP contribution in [0, 0.1) is 0 Å². The van der Waals surface area contributed by atoms with E-state index in [2.05, 4.69) is 9.05 Å². The molecule has 214 valence electrons. The minimum absolute atomic E-state index is 0.311. The van der Waals surface area contributed by atoms with E-state index >= 15 is 0 Å². The third-order valence-electron chi connectivity index (χ3n) is 5.26. The number of rotatable bonds is 10. The summed E-state index contributed by atoms with van der Waals surface area (Å²) in [7, 11) is -11.8. The molecule has 0 fully saturated rings. The van der Waals surface area contributed by atoms with Crippen LogP contribution in [0.1, 0.15) is 74.1 Å². The molecule has 0 aliphatic carbocycles. The first-order chi connectivity index (χ1) is 17.3. The molecular weight excluding hydrogens is 568 g/mol. The molecule has 1 aromatic carbocycles. The zero-order chi connectivity index (χ0) is 29.7. The predicted molar refractivity (Wildman–Crippen MR) is 124 cm³/mol. The highest BCUT2D eigenvalue weighted by atomic mass is 31.2. The van der Waals surface area contributed by atoms with Crippen molar-refractivity contribution in [2.45, 2.75) is 65.7 Å². The van der Waals surface area contributed by atoms with Crippen LogP contribution in [0.5, 0.6) is 0 Å². The summed E-state index contributed by atoms with van der Waals surface area (Å²) in [6.07, 6.45) is -12.0. The Labute approximate surface area is 214 Å². The van der Waals surface area contributed by atoms with E-state index in [0.717, 1.165) is 24.3 Å². The Kier molecular flexibility index (Phi) is 11.2. The van der Waals surface area contributed by atoms with E-state index in [4.69, 9.17) is 0 Å². The number of carbonyl (C=O) groups is 2. The van der Waals surface area contributed by atoms with Crippen LogP contribution in [0.3, 0.4) is 0 Å². The standard InChI is InChI=1S/C22H26F6O8P2/c1-5-13(6-2)17(21(23,24)25)37(31,32)35-19(29)15-11-9-10-12-16(15)20(30)36-38(33,34)18(22(26,27)28)14(7-3)8-4/h9-12H,5-8H2,1-4H3,(H,31,32)(H,33,34). The van der Waals surface area contributed by atoms with Gasteiger partial charge < -0.3 is 18.8 Å². The smallest absolute Gasteiger partial charge is 0.385 e. The number of hydrogen-bond donors (Lipinski definition) is 2. The van der Waals surface area contributed by atoms with Gasteiger partial charge in [-0.25, -0.2) is 18.7 Å². The number of carbonyl (C=O) groups excluding carboxylic acids is 2. The molecule has 38 heavy (non-hydrogen) atoms. The molecule has 0 radical (unpaired) electrons. The van der Waals surface area contributed by atoms with E-state index in [0.29, 0.717) is 0 Å². The number of halogens is 6. The largest absolute Gasteiger partial charge is 0.425 e. The van der Waals surface area contributed by atoms with Crippen LogP contribution >= 0.6 is 15.2 Å². The van der Waals surface area contributed by atoms with Crippen molar-refractivity contribution >= 4 is 27.1 Å². The Balaban J connectivity index is 3.53. The summed E-state index contributed by atoms with van der Waals surface area (Å²) in [5.41, 5.74) is -3.04. The molecule has 1 rings (SSSR count). The van der Waals surface area contributed by atoms with Gasteiger partial charge in [0.15, 0.2) is 10.6 Å². The first-order valence-corrected chi connectivity index (χ1v) is 14.3. The minimum atomic E-state index is -5.89. The summed E-state index contributed by atoms with van der Waals surface area (Å²) in [6.45, 7) is 5.10. The van der Waals surface area contributed by atoms with Gasteiger partial charge in [0, 0.05) is 0 Å². The van der Waals surface area contributed by atoms with Gasteiger partial charge in [-0.2, -0.15) is 26.3 Å². The number of alkyl halides is 6. The van der Waals surface area contributed by atoms with E-state index in [1.165, 1.54) is 27.7 Å². The Morgan fingerprint density at radius 3 is 1.16 bits per heavy atom. The van der Waals surface area contributed by atoms with Crippen LogP contribution in [-0.2, 0) is 18.2 Å². The summed E-state index contributed by atoms with van der Waals surface area (Å²) >= 11 is 0. The lowest BCUT2D eigenvalue weighted by atomic mass is 10.1. The highest BCUT2D eigenvalue weighted by molar-refractivity contribution is 7.58. The quantitative estimate of drug-likeness (QED) is 0.209. The molecule has 0 saturated carbocycles. The molecule has 0 saturated heterocycles. The maximum atomic E-state index is 13.6. The molecule has 0 amide bonds. The Morgan fingerprint density at radius 2 is 0.947 bits per heavy atom. The summed E-state index contributed by atoms with van der Waals surface area (Å²) in [6, 6.07) is 3.57. The van der Waals surface area contributed by atoms with Crippen LogP contribution in [0.25, 0.3) is 0 Å². The highest BCUT2D eigenvalue weighted by Crippen LogP contribution is 2.61. The average Bonchev–Trinajstić information content (AvgIpc) is 2.77. The van der Waals surface area contributed by atoms with Gasteiger partial charge in [-0.15, -0.1) is 0 Å². The molecule has 0 bridgehead atoms. The fourth-order valence-corrected chi connectivity index (χ4v) is 6.45. The van der Waals surface area contributed by atoms with E-state index in [1.807, 2.05) is 0 Å². The minimum Gasteiger partial charge on any atom is -0.385 e. The van der Waals surface area contributed by atoms with Crippen LogP contribution in [0.2, 0.25) is 0 Å². The molecular formula is C22H26F6O8P2. The van der Waals surface area contributed by atoms with Gasteiger partial charge in [-0.1, -0.05) is 39.8 Å². The molecule has 1 aromatic rings. The summed E-state index contributed by atoms with van der Waals surface area (Å²) < 4.78 is 115. The van der Waals surface area contributed by atoms with Gasteiger partial charge >= 0.3 is 39.5 Å². The summed E-state index contributed by atoms with van der Waals surface area (Å²) in [4.78, 5) is 45.3. The summed E-state index contributed by atoms with van der Waals surface area (Å²) in [5.74, 6) is -3.86. The maximum absolute atomic E-state index is 13.6. The Bertz CT molecular complexity index is 1110. The van der Waals surface area contributed by atoms with Crippen LogP contribution in [0.15, 0.2) is 46.0 Å². The first-order valence-electron chi connectivity index (χ1n) is 11.1. The fourth-order valence-electron chi connectivity index (χ4n) is 3.54. The third kappa shape index (κ3) is 8.05. The molecule has 2 unspecified atom stereocenters. The van der Waals surface area contributed by atoms with Gasteiger partial charge in [-0.05, 0) is 49.0 Å². The molecule has 2 atom stereocenters. The van der Waals surface area contributed by atoms with Gasteiger partial charge in [0.25, 0.3) is 0 Å². The second-order valence-electron chi connectivity index (χ2n) is 7.66. The normalized spacial score (nSPS) is 15.1. The van der Waals surface area contributed by atoms with E-state index in [9.17, 15) is 54.8 Å². The molecule has 0 aromatic heterocycles. The number of hydrogen-bond acceptors (Lipinski definition) is 6. The molecule has 16 heteroatoms. The lowest BCUT2D eigenvalue weighted by Gasteiger charge is -2.22. The van der Waals surface area contributed by atoms with Crippen molar-refractivity contribution < 1.29 is 63.9 Å². The second kappa shape index (κ2) is 12.6. The fraction of sp³-hybridized carbons (Fsp3) is 0.455. The monoisotopic (exact) mass is 594 g/mol. The number of benzene rings is 1. The van der Waals surface area contributed by atoms with Gasteiger partial charge in [-0.3, -0.25) is 0 Å². The second-order valence-corrected chi connectivity index (χ2v) is 11.0. The van der Waals surface area contributed by atoms with Crippen molar-refractivity contribution in [3.8, 4) is 0 Å². The zero-order valence-electron chi connectivity index (χ0n) is 20.6. The molecule has 0 spiro atoms. The first kappa shape index (κ1) is 33.6. The van der Waals surface area contributed by atoms with Crippen molar-refractivity contribution in [2.75, 3.05) is 0 Å². The van der Waals surface area contributed by atoms with Crippen LogP contribution in [0.4, 0.5) is 26.3 Å². The maximum Gasteiger partial charge on any atom is 0.425 e. The van der Waals surface area contributed by atoms with Crippen LogP contribution < -0.4 is 0 Å². The SMILES string of the molecule is CCC(CC)=C(C(F)(F)F)P(=O)(O)OC(=O)c1ccccc1C(=O)OP(=O)(O)C(=C(CC)CC)C(F)(F)F. The average molecular weight is 594 g/mol. The van der Waals surface area contributed by atoms with Gasteiger partial charge in [0.2, 0.25) is 0 Å². The topological polar surface area (TPSA) is 127 Å². The van der Waals surface area contributed by atoms with Crippen molar-refractivity contribution in [1.29, 1.82) is 0 Å². The van der Waals surface area contributed by atoms with Crippen molar-refractivity contribution in [3.63, 3.8) is 0 Å². The van der Waals surface area contributed by atoms with Crippen molar-refractivity contribution in [2.24, 2.45) is 0 Å². The lowest BCUT2D eigenvalue weighted by molar-refractivity contribution is -0.0887. The van der Waals surface area contributed by atoms with Crippen molar-refractivity contribution in [1.82, 2.24) is 0 Å². The van der Waals surface area contributed by atoms with Gasteiger partial charge in [0.1, 0.15) is 0 Å². The Morgan fingerprint density at radius 1 is 0.684 bits per heavy atom. The molecule has 0 aliphatic heterocycles. The zero-order valence-corrected chi connectivity index (χ0v) is 22.4. The molecule has 8 nitrogen and oxygen atoms in total. The Hall–Kier alpha value is -2.40. The van der Waals surface area contributed by atoms with Crippen molar-refractivity contribution in [3.05, 3.63) is 57.2 Å². The van der Waals surface area contributed by atoms with E-state index in [-0.39, 0.29) is 25.7 Å². The third-order valence-corrected chi connectivity index (χ3v) is 8.36. The summed E-state index contributed by atoms with van der Waals surface area (Å²) in [5, 5.41) is -3.95. The van der Waals surface area contributed by atoms with E-state index < -0.39 is 72.4 Å². The molecule has 0 aliphatic rings. The molecule has 0 heterocycles. The molecule has 2 N–H and O–H groups in total. The number of allylic oxidation sites excluding steroid dienone is 4. The highest BCUT2D eigenvalue weighted by Gasteiger charge is 2.51. The van der Waals surface area contributed by atoms with E-state index in [1.54, 1.807) is 0 Å². The van der Waals surface area contributed by atoms with Gasteiger partial charge in [0.05, 0.1) is 11.1 Å². The van der Waals surface area contributed by atoms with Crippen LogP contribution in [-0.4, -0.2) is 34.1 Å². The predicted octanol–water partition coefficient (Wildman–Crippen LogP) is 7.64.